The number of rotatable bonds is 3. The molecule has 0 radical (unpaired) electrons. The zero-order valence-electron chi connectivity index (χ0n) is 15.6. The van der Waals surface area contributed by atoms with Crippen molar-refractivity contribution < 1.29 is 18.7 Å². The monoisotopic (exact) mass is 402 g/mol. The quantitative estimate of drug-likeness (QED) is 0.856. The topological polar surface area (TPSA) is 58.6 Å². The number of nitrogens with one attached hydrogen (secondary N) is 1. The van der Waals surface area contributed by atoms with E-state index in [1.807, 2.05) is 6.92 Å². The molecular formula is C21H20ClFN2O3. The maximum absolute atomic E-state index is 14.3. The van der Waals surface area contributed by atoms with Crippen molar-refractivity contribution in [2.24, 2.45) is 0 Å². The largest absolute Gasteiger partial charge is 0.486 e. The average molecular weight is 403 g/mol. The van der Waals surface area contributed by atoms with Crippen LogP contribution >= 0.6 is 11.6 Å². The molecule has 2 aromatic carbocycles. The molecule has 4 rings (SSSR count). The molecule has 2 bridgehead atoms. The van der Waals surface area contributed by atoms with Crippen LogP contribution in [0.5, 0.6) is 5.75 Å². The summed E-state index contributed by atoms with van der Waals surface area (Å²) >= 11 is 6.55. The summed E-state index contributed by atoms with van der Waals surface area (Å²) in [6.45, 7) is 3.12. The molecule has 0 saturated carbocycles. The number of fused-ring (bicyclic) bond motifs is 3. The Morgan fingerprint density at radius 1 is 1.39 bits per heavy atom. The predicted molar refractivity (Wildman–Crippen MR) is 104 cm³/mol. The van der Waals surface area contributed by atoms with Gasteiger partial charge in [-0.05, 0) is 48.2 Å². The number of amides is 2. The molecule has 1 N–H and O–H groups in total. The molecule has 2 amide bonds. The van der Waals surface area contributed by atoms with Crippen molar-refractivity contribution in [1.82, 2.24) is 10.2 Å². The van der Waals surface area contributed by atoms with Gasteiger partial charge in [-0.1, -0.05) is 17.7 Å². The molecule has 146 valence electrons. The fourth-order valence-electron chi connectivity index (χ4n) is 3.79. The van der Waals surface area contributed by atoms with E-state index in [9.17, 15) is 14.0 Å². The molecule has 1 fully saturated rings. The molecule has 0 aromatic heterocycles. The van der Waals surface area contributed by atoms with Gasteiger partial charge in [0.1, 0.15) is 11.9 Å². The molecule has 2 heterocycles. The first-order valence-corrected chi connectivity index (χ1v) is 9.55. The molecule has 0 aliphatic carbocycles. The molecule has 1 saturated heterocycles. The Morgan fingerprint density at radius 3 is 2.89 bits per heavy atom. The van der Waals surface area contributed by atoms with E-state index >= 15 is 0 Å². The third-order valence-electron chi connectivity index (χ3n) is 5.42. The predicted octanol–water partition coefficient (Wildman–Crippen LogP) is 3.34. The van der Waals surface area contributed by atoms with Crippen molar-refractivity contribution in [2.75, 3.05) is 20.1 Å². The van der Waals surface area contributed by atoms with Crippen LogP contribution in [-0.2, 0) is 6.42 Å². The van der Waals surface area contributed by atoms with Crippen LogP contribution in [0.25, 0.3) is 0 Å². The summed E-state index contributed by atoms with van der Waals surface area (Å²) < 4.78 is 20.3. The SMILES string of the molecule is CNC(=O)c1ccc(Cc2cc3c(c(Cl)c2C)O[C@@H]2CCN(C2)C3=O)cc1F. The molecule has 5 nitrogen and oxygen atoms in total. The minimum Gasteiger partial charge on any atom is -0.486 e. The number of benzene rings is 2. The highest BCUT2D eigenvalue weighted by Crippen LogP contribution is 2.39. The molecule has 1 atom stereocenters. The van der Waals surface area contributed by atoms with Crippen molar-refractivity contribution in [3.63, 3.8) is 0 Å². The normalized spacial score (nSPS) is 17.8. The Morgan fingerprint density at radius 2 is 2.18 bits per heavy atom. The van der Waals surface area contributed by atoms with Crippen molar-refractivity contribution in [3.8, 4) is 5.75 Å². The second-order valence-corrected chi connectivity index (χ2v) is 7.58. The van der Waals surface area contributed by atoms with Gasteiger partial charge in [0.15, 0.2) is 5.75 Å². The standard InChI is InChI=1S/C21H20ClFN2O3/c1-11-13(7-12-3-4-15(17(23)8-12)20(26)24-2)9-16-19(18(11)22)28-14-5-6-25(10-14)21(16)27/h3-4,8-9,14H,5-7,10H2,1-2H3,(H,24,26)/t14-/m1/s1. The van der Waals surface area contributed by atoms with Crippen LogP contribution in [0.4, 0.5) is 4.39 Å². The van der Waals surface area contributed by atoms with Gasteiger partial charge < -0.3 is 15.0 Å². The number of ether oxygens (including phenoxy) is 1. The van der Waals surface area contributed by atoms with Gasteiger partial charge in [-0.2, -0.15) is 0 Å². The first kappa shape index (κ1) is 18.7. The highest BCUT2D eigenvalue weighted by Gasteiger charge is 2.36. The maximum atomic E-state index is 14.3. The van der Waals surface area contributed by atoms with Gasteiger partial charge in [0.25, 0.3) is 11.8 Å². The van der Waals surface area contributed by atoms with Crippen LogP contribution < -0.4 is 10.1 Å². The lowest BCUT2D eigenvalue weighted by Gasteiger charge is -2.20. The first-order chi connectivity index (χ1) is 13.4. The zero-order valence-corrected chi connectivity index (χ0v) is 16.4. The summed E-state index contributed by atoms with van der Waals surface area (Å²) in [6, 6.07) is 6.30. The van der Waals surface area contributed by atoms with Gasteiger partial charge in [0, 0.05) is 20.0 Å². The Hall–Kier alpha value is -2.60. The molecular weight excluding hydrogens is 383 g/mol. The summed E-state index contributed by atoms with van der Waals surface area (Å²) in [7, 11) is 1.46. The second kappa shape index (κ2) is 7.09. The lowest BCUT2D eigenvalue weighted by molar-refractivity contribution is 0.0792. The van der Waals surface area contributed by atoms with Crippen molar-refractivity contribution >= 4 is 23.4 Å². The van der Waals surface area contributed by atoms with E-state index in [0.29, 0.717) is 41.4 Å². The Balaban J connectivity index is 1.71. The van der Waals surface area contributed by atoms with Crippen LogP contribution in [0, 0.1) is 12.7 Å². The minimum atomic E-state index is -0.585. The van der Waals surface area contributed by atoms with Gasteiger partial charge in [-0.15, -0.1) is 0 Å². The average Bonchev–Trinajstić information content (AvgIpc) is 3.10. The summed E-state index contributed by atoms with van der Waals surface area (Å²) in [5.41, 5.74) is 2.77. The number of hydrogen-bond acceptors (Lipinski definition) is 3. The van der Waals surface area contributed by atoms with Gasteiger partial charge in [0.2, 0.25) is 0 Å². The molecule has 2 aliphatic heterocycles. The van der Waals surface area contributed by atoms with E-state index in [1.54, 1.807) is 17.0 Å². The number of carbonyl (C=O) groups is 2. The minimum absolute atomic E-state index is 0.00432. The lowest BCUT2D eigenvalue weighted by atomic mass is 9.96. The van der Waals surface area contributed by atoms with Crippen molar-refractivity contribution in [3.05, 3.63) is 62.9 Å². The van der Waals surface area contributed by atoms with Gasteiger partial charge in [-0.3, -0.25) is 9.59 Å². The molecule has 2 aromatic rings. The smallest absolute Gasteiger partial charge is 0.257 e. The maximum Gasteiger partial charge on any atom is 0.257 e. The van der Waals surface area contributed by atoms with Gasteiger partial charge in [-0.25, -0.2) is 4.39 Å². The summed E-state index contributed by atoms with van der Waals surface area (Å²) in [6.07, 6.45) is 1.17. The Labute approximate surface area is 167 Å². The highest BCUT2D eigenvalue weighted by molar-refractivity contribution is 6.33. The van der Waals surface area contributed by atoms with E-state index in [0.717, 1.165) is 17.5 Å². The summed E-state index contributed by atoms with van der Waals surface area (Å²) in [4.78, 5) is 26.3. The van der Waals surface area contributed by atoms with E-state index in [4.69, 9.17) is 16.3 Å². The van der Waals surface area contributed by atoms with Gasteiger partial charge >= 0.3 is 0 Å². The van der Waals surface area contributed by atoms with Crippen molar-refractivity contribution in [2.45, 2.75) is 25.9 Å². The van der Waals surface area contributed by atoms with E-state index < -0.39 is 11.7 Å². The summed E-state index contributed by atoms with van der Waals surface area (Å²) in [5, 5.41) is 2.84. The Bertz CT molecular complexity index is 992. The lowest BCUT2D eigenvalue weighted by Crippen LogP contribution is -2.28. The second-order valence-electron chi connectivity index (χ2n) is 7.20. The highest BCUT2D eigenvalue weighted by atomic mass is 35.5. The third-order valence-corrected chi connectivity index (χ3v) is 5.88. The van der Waals surface area contributed by atoms with Crippen LogP contribution in [0.1, 0.15) is 43.8 Å². The van der Waals surface area contributed by atoms with Gasteiger partial charge in [0.05, 0.1) is 22.7 Å². The molecule has 0 unspecified atom stereocenters. The fourth-order valence-corrected chi connectivity index (χ4v) is 4.06. The molecule has 0 spiro atoms. The van der Waals surface area contributed by atoms with Crippen molar-refractivity contribution in [1.29, 1.82) is 0 Å². The number of halogens is 2. The Kier molecular flexibility index (Phi) is 4.75. The van der Waals surface area contributed by atoms with E-state index in [2.05, 4.69) is 5.32 Å². The van der Waals surface area contributed by atoms with E-state index in [-0.39, 0.29) is 17.6 Å². The number of carbonyl (C=O) groups excluding carboxylic acids is 2. The molecule has 2 aliphatic rings. The van der Waals surface area contributed by atoms with Crippen LogP contribution in [-0.4, -0.2) is 43.0 Å². The van der Waals surface area contributed by atoms with Crippen LogP contribution in [0.3, 0.4) is 0 Å². The van der Waals surface area contributed by atoms with E-state index in [1.165, 1.54) is 19.2 Å². The zero-order chi connectivity index (χ0) is 20.0. The van der Waals surface area contributed by atoms with Crippen LogP contribution in [0.15, 0.2) is 24.3 Å². The number of nitrogens with zero attached hydrogens (tertiary/aromatic N) is 1. The van der Waals surface area contributed by atoms with Crippen LogP contribution in [0.2, 0.25) is 5.02 Å². The molecule has 28 heavy (non-hydrogen) atoms. The third kappa shape index (κ3) is 3.11. The number of hydrogen-bond donors (Lipinski definition) is 1. The first-order valence-electron chi connectivity index (χ1n) is 9.17. The molecule has 7 heteroatoms. The summed E-state index contributed by atoms with van der Waals surface area (Å²) in [5.74, 6) is -0.695. The fraction of sp³-hybridized carbons (Fsp3) is 0.333.